The summed E-state index contributed by atoms with van der Waals surface area (Å²) in [5.74, 6) is -0.684. The largest absolute Gasteiger partial charge is 0.451 e. The van der Waals surface area contributed by atoms with Gasteiger partial charge in [-0.3, -0.25) is 19.3 Å². The lowest BCUT2D eigenvalue weighted by atomic mass is 9.75. The second-order valence-corrected chi connectivity index (χ2v) is 8.03. The van der Waals surface area contributed by atoms with E-state index in [9.17, 15) is 19.2 Å². The summed E-state index contributed by atoms with van der Waals surface area (Å²) in [5.41, 5.74) is -0.886. The second-order valence-electron chi connectivity index (χ2n) is 8.03. The lowest BCUT2D eigenvalue weighted by Crippen LogP contribution is -2.49. The average molecular weight is 381 g/mol. The number of carbonyl (C=O) groups excluding carboxylic acids is 4. The van der Waals surface area contributed by atoms with Crippen LogP contribution >= 0.6 is 0 Å². The van der Waals surface area contributed by atoms with Gasteiger partial charge < -0.3 is 15.4 Å². The van der Waals surface area contributed by atoms with Crippen LogP contribution in [0.1, 0.15) is 59.8 Å². The Hall–Kier alpha value is -2.12. The smallest absolute Gasteiger partial charge is 0.327 e. The Balaban J connectivity index is 1.89. The van der Waals surface area contributed by atoms with Gasteiger partial charge in [0.2, 0.25) is 0 Å². The van der Waals surface area contributed by atoms with Gasteiger partial charge in [-0.25, -0.2) is 4.79 Å². The highest BCUT2D eigenvalue weighted by atomic mass is 16.5. The fourth-order valence-electron chi connectivity index (χ4n) is 3.60. The van der Waals surface area contributed by atoms with Gasteiger partial charge in [-0.2, -0.15) is 0 Å². The molecule has 2 fully saturated rings. The third kappa shape index (κ3) is 4.99. The van der Waals surface area contributed by atoms with E-state index in [0.29, 0.717) is 25.3 Å². The number of nitrogens with zero attached hydrogens (tertiary/aromatic N) is 1. The molecular formula is C19H31N3O5. The van der Waals surface area contributed by atoms with Gasteiger partial charge >= 0.3 is 12.0 Å². The number of nitrogens with one attached hydrogen (secondary N) is 2. The molecule has 1 aliphatic carbocycles. The number of carbonyl (C=O) groups is 4. The van der Waals surface area contributed by atoms with Gasteiger partial charge in [-0.15, -0.1) is 0 Å². The first kappa shape index (κ1) is 21.2. The molecule has 1 aliphatic heterocycles. The number of rotatable bonds is 7. The second kappa shape index (κ2) is 8.71. The normalized spacial score (nSPS) is 26.3. The zero-order chi connectivity index (χ0) is 20.2. The van der Waals surface area contributed by atoms with Crippen molar-refractivity contribution in [2.75, 3.05) is 13.1 Å². The molecule has 27 heavy (non-hydrogen) atoms. The number of ether oxygens (including phenoxy) is 1. The zero-order valence-electron chi connectivity index (χ0n) is 16.7. The molecule has 0 radical (unpaired) electrons. The minimum absolute atomic E-state index is 0.279. The Morgan fingerprint density at radius 3 is 2.44 bits per heavy atom. The lowest BCUT2D eigenvalue weighted by molar-refractivity contribution is -0.156. The molecule has 4 amide bonds. The molecule has 1 spiro atoms. The molecule has 152 valence electrons. The molecular weight excluding hydrogens is 350 g/mol. The number of hydrogen-bond donors (Lipinski definition) is 2. The zero-order valence-corrected chi connectivity index (χ0v) is 16.7. The molecule has 8 nitrogen and oxygen atoms in total. The number of urea groups is 1. The summed E-state index contributed by atoms with van der Waals surface area (Å²) in [6, 6.07) is -0.566. The molecule has 0 aromatic heterocycles. The van der Waals surface area contributed by atoms with Crippen LogP contribution in [0.25, 0.3) is 0 Å². The van der Waals surface area contributed by atoms with Crippen LogP contribution in [-0.2, 0) is 19.1 Å². The van der Waals surface area contributed by atoms with Crippen molar-refractivity contribution < 1.29 is 23.9 Å². The minimum Gasteiger partial charge on any atom is -0.451 e. The van der Waals surface area contributed by atoms with E-state index in [1.165, 1.54) is 6.92 Å². The van der Waals surface area contributed by atoms with E-state index in [0.717, 1.165) is 24.2 Å². The molecule has 2 N–H and O–H groups in total. The van der Waals surface area contributed by atoms with Crippen molar-refractivity contribution in [3.63, 3.8) is 0 Å². The van der Waals surface area contributed by atoms with E-state index < -0.39 is 36.1 Å². The quantitative estimate of drug-likeness (QED) is 0.515. The van der Waals surface area contributed by atoms with Crippen molar-refractivity contribution >= 4 is 23.8 Å². The Labute approximate surface area is 160 Å². The fourth-order valence-corrected chi connectivity index (χ4v) is 3.60. The van der Waals surface area contributed by atoms with Gasteiger partial charge in [0.1, 0.15) is 12.1 Å². The van der Waals surface area contributed by atoms with E-state index in [4.69, 9.17) is 4.74 Å². The Bertz CT molecular complexity index is 596. The summed E-state index contributed by atoms with van der Waals surface area (Å²) in [5, 5.41) is 5.46. The fraction of sp³-hybridized carbons (Fsp3) is 0.789. The molecule has 1 unspecified atom stereocenters. The van der Waals surface area contributed by atoms with Crippen LogP contribution in [0.2, 0.25) is 0 Å². The van der Waals surface area contributed by atoms with E-state index in [2.05, 4.69) is 17.6 Å². The third-order valence-electron chi connectivity index (χ3n) is 5.43. The van der Waals surface area contributed by atoms with E-state index in [1.54, 1.807) is 0 Å². The molecule has 1 saturated carbocycles. The Kier molecular flexibility index (Phi) is 6.84. The van der Waals surface area contributed by atoms with Crippen LogP contribution in [0, 0.1) is 11.8 Å². The first-order valence-electron chi connectivity index (χ1n) is 9.79. The van der Waals surface area contributed by atoms with E-state index in [1.807, 2.05) is 13.8 Å². The summed E-state index contributed by atoms with van der Waals surface area (Å²) in [6.07, 6.45) is 3.03. The molecule has 8 heteroatoms. The predicted octanol–water partition coefficient (Wildman–Crippen LogP) is 1.58. The van der Waals surface area contributed by atoms with Gasteiger partial charge in [-0.05, 0) is 44.4 Å². The molecule has 2 aliphatic rings. The minimum atomic E-state index is -0.981. The van der Waals surface area contributed by atoms with Gasteiger partial charge in [0.25, 0.3) is 11.8 Å². The molecule has 0 aromatic carbocycles. The van der Waals surface area contributed by atoms with E-state index in [-0.39, 0.29) is 11.8 Å². The van der Waals surface area contributed by atoms with Crippen LogP contribution in [0.15, 0.2) is 0 Å². The number of amides is 4. The lowest BCUT2D eigenvalue weighted by Gasteiger charge is -2.34. The highest BCUT2D eigenvalue weighted by molar-refractivity contribution is 6.08. The maximum Gasteiger partial charge on any atom is 0.327 e. The van der Waals surface area contributed by atoms with Gasteiger partial charge in [0.15, 0.2) is 6.10 Å². The standard InChI is InChI=1S/C19H31N3O5/c1-5-14-6-8-19(9-7-14)17(25)22(18(26)21-19)11-15(23)27-13(4)16(24)20-10-12(2)3/h12-14H,5-11H2,1-4H3,(H,20,24)(H,21,26). The molecule has 1 atom stereocenters. The summed E-state index contributed by atoms with van der Waals surface area (Å²) >= 11 is 0. The highest BCUT2D eigenvalue weighted by Crippen LogP contribution is 2.37. The van der Waals surface area contributed by atoms with Crippen molar-refractivity contribution in [3.05, 3.63) is 0 Å². The SMILES string of the molecule is CCC1CCC2(CC1)NC(=O)N(CC(=O)OC(C)C(=O)NCC(C)C)C2=O. The molecule has 0 bridgehead atoms. The summed E-state index contributed by atoms with van der Waals surface area (Å²) in [6.45, 7) is 7.50. The van der Waals surface area contributed by atoms with Crippen LogP contribution < -0.4 is 10.6 Å². The van der Waals surface area contributed by atoms with Crippen molar-refractivity contribution in [1.82, 2.24) is 15.5 Å². The molecule has 2 rings (SSSR count). The van der Waals surface area contributed by atoms with Gasteiger partial charge in [0.05, 0.1) is 0 Å². The first-order valence-corrected chi connectivity index (χ1v) is 9.79. The maximum atomic E-state index is 12.8. The summed E-state index contributed by atoms with van der Waals surface area (Å²) in [4.78, 5) is 50.0. The monoisotopic (exact) mass is 381 g/mol. The topological polar surface area (TPSA) is 105 Å². The maximum absolute atomic E-state index is 12.8. The Morgan fingerprint density at radius 1 is 1.26 bits per heavy atom. The van der Waals surface area contributed by atoms with Crippen molar-refractivity contribution in [3.8, 4) is 0 Å². The van der Waals surface area contributed by atoms with Gasteiger partial charge in [0, 0.05) is 6.54 Å². The van der Waals surface area contributed by atoms with Crippen LogP contribution in [0.3, 0.4) is 0 Å². The Morgan fingerprint density at radius 2 is 1.89 bits per heavy atom. The number of esters is 1. The predicted molar refractivity (Wildman–Crippen MR) is 98.6 cm³/mol. The first-order chi connectivity index (χ1) is 12.7. The number of imide groups is 1. The van der Waals surface area contributed by atoms with Crippen LogP contribution in [-0.4, -0.2) is 53.4 Å². The average Bonchev–Trinajstić information content (AvgIpc) is 2.84. The van der Waals surface area contributed by atoms with E-state index >= 15 is 0 Å². The van der Waals surface area contributed by atoms with Crippen LogP contribution in [0.4, 0.5) is 4.79 Å². The van der Waals surface area contributed by atoms with Gasteiger partial charge in [-0.1, -0.05) is 27.2 Å². The third-order valence-corrected chi connectivity index (χ3v) is 5.43. The van der Waals surface area contributed by atoms with Crippen LogP contribution in [0.5, 0.6) is 0 Å². The number of hydrogen-bond acceptors (Lipinski definition) is 5. The molecule has 1 saturated heterocycles. The molecule has 0 aromatic rings. The highest BCUT2D eigenvalue weighted by Gasteiger charge is 2.52. The van der Waals surface area contributed by atoms with Crippen molar-refractivity contribution in [1.29, 1.82) is 0 Å². The summed E-state index contributed by atoms with van der Waals surface area (Å²) in [7, 11) is 0. The van der Waals surface area contributed by atoms with Crippen molar-refractivity contribution in [2.24, 2.45) is 11.8 Å². The molecule has 1 heterocycles. The summed E-state index contributed by atoms with van der Waals surface area (Å²) < 4.78 is 5.09. The van der Waals surface area contributed by atoms with Crippen molar-refractivity contribution in [2.45, 2.75) is 71.4 Å².